The van der Waals surface area contributed by atoms with Gasteiger partial charge in [-0.15, -0.1) is 11.8 Å². The number of hydrogen-bond acceptors (Lipinski definition) is 3. The van der Waals surface area contributed by atoms with Crippen molar-refractivity contribution in [3.8, 4) is 0 Å². The molecule has 1 aromatic rings. The number of thioether (sulfide) groups is 1. The molecule has 1 aromatic carbocycles. The first-order valence-corrected chi connectivity index (χ1v) is 7.45. The Labute approximate surface area is 109 Å². The van der Waals surface area contributed by atoms with E-state index in [1.54, 1.807) is 11.8 Å². The summed E-state index contributed by atoms with van der Waals surface area (Å²) in [7, 11) is 0. The maximum atomic E-state index is 5.31. The highest BCUT2D eigenvalue weighted by atomic mass is 32.2. The third-order valence-electron chi connectivity index (χ3n) is 2.74. The van der Waals surface area contributed by atoms with Crippen LogP contribution in [0.25, 0.3) is 0 Å². The molecule has 2 nitrogen and oxygen atoms in total. The van der Waals surface area contributed by atoms with E-state index in [-0.39, 0.29) is 0 Å². The van der Waals surface area contributed by atoms with Crippen LogP contribution in [0.5, 0.6) is 0 Å². The molecule has 1 atom stereocenters. The van der Waals surface area contributed by atoms with E-state index < -0.39 is 0 Å². The van der Waals surface area contributed by atoms with Crippen LogP contribution in [0.1, 0.15) is 31.9 Å². The minimum atomic E-state index is 0.410. The number of ether oxygens (including phenoxy) is 1. The van der Waals surface area contributed by atoms with Crippen molar-refractivity contribution < 1.29 is 4.74 Å². The van der Waals surface area contributed by atoms with Gasteiger partial charge in [0.1, 0.15) is 0 Å². The van der Waals surface area contributed by atoms with Crippen molar-refractivity contribution in [2.75, 3.05) is 26.0 Å². The molecule has 0 spiro atoms. The summed E-state index contributed by atoms with van der Waals surface area (Å²) in [5, 5.41) is 3.51. The normalized spacial score (nSPS) is 12.6. The molecule has 0 bridgehead atoms. The first-order chi connectivity index (χ1) is 8.27. The zero-order chi connectivity index (χ0) is 12.5. The molecule has 1 N–H and O–H groups in total. The van der Waals surface area contributed by atoms with Crippen LogP contribution < -0.4 is 5.32 Å². The molecule has 0 aliphatic carbocycles. The zero-order valence-electron chi connectivity index (χ0n) is 11.0. The summed E-state index contributed by atoms with van der Waals surface area (Å²) in [5.41, 5.74) is 1.35. The molecule has 0 radical (unpaired) electrons. The molecular formula is C14H23NOS. The van der Waals surface area contributed by atoms with Gasteiger partial charge in [-0.2, -0.15) is 0 Å². The van der Waals surface area contributed by atoms with Crippen LogP contribution in [0.15, 0.2) is 29.2 Å². The van der Waals surface area contributed by atoms with Crippen molar-refractivity contribution in [3.05, 3.63) is 29.8 Å². The van der Waals surface area contributed by atoms with Crippen molar-refractivity contribution >= 4 is 11.8 Å². The van der Waals surface area contributed by atoms with Crippen LogP contribution in [0, 0.1) is 0 Å². The van der Waals surface area contributed by atoms with E-state index in [4.69, 9.17) is 4.74 Å². The van der Waals surface area contributed by atoms with E-state index in [1.807, 2.05) is 6.92 Å². The second-order valence-electron chi connectivity index (χ2n) is 4.00. The SMILES string of the molecule is CCOCCCNC(C)c1ccc(SC)cc1. The molecular weight excluding hydrogens is 230 g/mol. The molecule has 17 heavy (non-hydrogen) atoms. The summed E-state index contributed by atoms with van der Waals surface area (Å²) in [6.07, 6.45) is 3.17. The standard InChI is InChI=1S/C14H23NOS/c1-4-16-11-5-10-15-12(2)13-6-8-14(17-3)9-7-13/h6-9,12,15H,4-5,10-11H2,1-3H3. The Morgan fingerprint density at radius 3 is 2.59 bits per heavy atom. The average molecular weight is 253 g/mol. The Balaban J connectivity index is 2.28. The van der Waals surface area contributed by atoms with Gasteiger partial charge in [0.05, 0.1) is 0 Å². The van der Waals surface area contributed by atoms with E-state index in [1.165, 1.54) is 10.5 Å². The molecule has 3 heteroatoms. The molecule has 0 fully saturated rings. The molecule has 0 saturated carbocycles. The second-order valence-corrected chi connectivity index (χ2v) is 4.88. The summed E-state index contributed by atoms with van der Waals surface area (Å²) in [5.74, 6) is 0. The highest BCUT2D eigenvalue weighted by Crippen LogP contribution is 2.18. The summed E-state index contributed by atoms with van der Waals surface area (Å²) in [6.45, 7) is 6.90. The molecule has 0 aromatic heterocycles. The summed E-state index contributed by atoms with van der Waals surface area (Å²) in [4.78, 5) is 1.32. The van der Waals surface area contributed by atoms with Gasteiger partial charge in [-0.05, 0) is 50.8 Å². The second kappa shape index (κ2) is 8.56. The largest absolute Gasteiger partial charge is 0.382 e. The van der Waals surface area contributed by atoms with E-state index in [0.717, 1.165) is 26.2 Å². The lowest BCUT2D eigenvalue weighted by Gasteiger charge is -2.14. The lowest BCUT2D eigenvalue weighted by atomic mass is 10.1. The fourth-order valence-electron chi connectivity index (χ4n) is 1.65. The maximum Gasteiger partial charge on any atom is 0.0477 e. The molecule has 0 heterocycles. The van der Waals surface area contributed by atoms with Crippen LogP contribution in [-0.2, 0) is 4.74 Å². The van der Waals surface area contributed by atoms with Crippen molar-refractivity contribution in [2.45, 2.75) is 31.2 Å². The summed E-state index contributed by atoms with van der Waals surface area (Å²) in [6, 6.07) is 9.17. The number of nitrogens with one attached hydrogen (secondary N) is 1. The van der Waals surface area contributed by atoms with Crippen molar-refractivity contribution in [3.63, 3.8) is 0 Å². The van der Waals surface area contributed by atoms with Crippen molar-refractivity contribution in [2.24, 2.45) is 0 Å². The quantitative estimate of drug-likeness (QED) is 0.566. The van der Waals surface area contributed by atoms with Gasteiger partial charge in [0.25, 0.3) is 0 Å². The molecule has 0 amide bonds. The number of rotatable bonds is 8. The van der Waals surface area contributed by atoms with Crippen LogP contribution >= 0.6 is 11.8 Å². The average Bonchev–Trinajstić information content (AvgIpc) is 2.38. The monoisotopic (exact) mass is 253 g/mol. The topological polar surface area (TPSA) is 21.3 Å². The molecule has 0 saturated heterocycles. The first-order valence-electron chi connectivity index (χ1n) is 6.23. The Bertz CT molecular complexity index is 300. The van der Waals surface area contributed by atoms with E-state index >= 15 is 0 Å². The van der Waals surface area contributed by atoms with Gasteiger partial charge in [0.2, 0.25) is 0 Å². The summed E-state index contributed by atoms with van der Waals surface area (Å²) >= 11 is 1.78. The smallest absolute Gasteiger partial charge is 0.0477 e. The van der Waals surface area contributed by atoms with Gasteiger partial charge in [-0.25, -0.2) is 0 Å². The van der Waals surface area contributed by atoms with Gasteiger partial charge >= 0.3 is 0 Å². The molecule has 1 rings (SSSR count). The minimum absolute atomic E-state index is 0.410. The van der Waals surface area contributed by atoms with Crippen LogP contribution in [0.4, 0.5) is 0 Å². The lowest BCUT2D eigenvalue weighted by Crippen LogP contribution is -2.20. The predicted octanol–water partition coefficient (Wildman–Crippen LogP) is 3.49. The fraction of sp³-hybridized carbons (Fsp3) is 0.571. The molecule has 96 valence electrons. The Morgan fingerprint density at radius 1 is 1.29 bits per heavy atom. The number of benzene rings is 1. The molecule has 0 aliphatic rings. The van der Waals surface area contributed by atoms with Gasteiger partial charge < -0.3 is 10.1 Å². The highest BCUT2D eigenvalue weighted by molar-refractivity contribution is 7.98. The third kappa shape index (κ3) is 5.57. The predicted molar refractivity (Wildman–Crippen MR) is 75.8 cm³/mol. The van der Waals surface area contributed by atoms with Crippen molar-refractivity contribution in [1.29, 1.82) is 0 Å². The maximum absolute atomic E-state index is 5.31. The first kappa shape index (κ1) is 14.6. The van der Waals surface area contributed by atoms with Gasteiger partial charge in [-0.1, -0.05) is 12.1 Å². The van der Waals surface area contributed by atoms with Gasteiger partial charge in [0.15, 0.2) is 0 Å². The van der Waals surface area contributed by atoms with Gasteiger partial charge in [0, 0.05) is 24.2 Å². The highest BCUT2D eigenvalue weighted by Gasteiger charge is 2.03. The third-order valence-corrected chi connectivity index (χ3v) is 3.48. The van der Waals surface area contributed by atoms with Crippen LogP contribution in [-0.4, -0.2) is 26.0 Å². The van der Waals surface area contributed by atoms with Crippen molar-refractivity contribution in [1.82, 2.24) is 5.32 Å². The van der Waals surface area contributed by atoms with E-state index in [0.29, 0.717) is 6.04 Å². The van der Waals surface area contributed by atoms with Crippen LogP contribution in [0.2, 0.25) is 0 Å². The van der Waals surface area contributed by atoms with Crippen LogP contribution in [0.3, 0.4) is 0 Å². The Kier molecular flexibility index (Phi) is 7.33. The summed E-state index contributed by atoms with van der Waals surface area (Å²) < 4.78 is 5.31. The number of hydrogen-bond donors (Lipinski definition) is 1. The molecule has 0 aliphatic heterocycles. The van der Waals surface area contributed by atoms with E-state index in [9.17, 15) is 0 Å². The molecule has 1 unspecified atom stereocenters. The minimum Gasteiger partial charge on any atom is -0.382 e. The fourth-order valence-corrected chi connectivity index (χ4v) is 2.06. The Morgan fingerprint density at radius 2 is 2.00 bits per heavy atom. The zero-order valence-corrected chi connectivity index (χ0v) is 11.8. The van der Waals surface area contributed by atoms with Gasteiger partial charge in [-0.3, -0.25) is 0 Å². The lowest BCUT2D eigenvalue weighted by molar-refractivity contribution is 0.144. The Hall–Kier alpha value is -0.510. The van der Waals surface area contributed by atoms with E-state index in [2.05, 4.69) is 42.8 Å².